The van der Waals surface area contributed by atoms with Crippen molar-refractivity contribution in [2.24, 2.45) is 17.0 Å². The van der Waals surface area contributed by atoms with Gasteiger partial charge in [-0.1, -0.05) is 6.07 Å². The molecule has 11 nitrogen and oxygen atoms in total. The Bertz CT molecular complexity index is 1680. The number of amides is 1. The van der Waals surface area contributed by atoms with E-state index in [2.05, 4.69) is 31.8 Å². The van der Waals surface area contributed by atoms with Gasteiger partial charge in [0.05, 0.1) is 48.3 Å². The van der Waals surface area contributed by atoms with Gasteiger partial charge in [0.25, 0.3) is 5.91 Å². The number of aromatic nitrogens is 4. The predicted molar refractivity (Wildman–Crippen MR) is 164 cm³/mol. The minimum atomic E-state index is -0.700. The molecule has 0 aromatic carbocycles. The summed E-state index contributed by atoms with van der Waals surface area (Å²) in [5.74, 6) is 6.09. The molecular formula is C30H39N8O3P. The van der Waals surface area contributed by atoms with Gasteiger partial charge in [-0.2, -0.15) is 0 Å². The summed E-state index contributed by atoms with van der Waals surface area (Å²) < 4.78 is 9.24. The number of pyridine rings is 2. The van der Waals surface area contributed by atoms with E-state index in [0.29, 0.717) is 24.6 Å². The number of nitrogens with zero attached hydrogens (tertiary/aromatic N) is 5. The van der Waals surface area contributed by atoms with Crippen LogP contribution in [0.3, 0.4) is 0 Å². The van der Waals surface area contributed by atoms with Crippen LogP contribution < -0.4 is 22.2 Å². The number of hydrogen-bond donors (Lipinski definition) is 3. The molecule has 4 aromatic rings. The van der Waals surface area contributed by atoms with Gasteiger partial charge in [-0.3, -0.25) is 9.59 Å². The Hall–Kier alpha value is -3.95. The van der Waals surface area contributed by atoms with Crippen molar-refractivity contribution in [2.75, 3.05) is 6.61 Å². The Morgan fingerprint density at radius 2 is 2.05 bits per heavy atom. The lowest BCUT2D eigenvalue weighted by molar-refractivity contribution is -0.153. The van der Waals surface area contributed by atoms with Crippen LogP contribution in [0.4, 0.5) is 0 Å². The lowest BCUT2D eigenvalue weighted by Crippen LogP contribution is -2.32. The van der Waals surface area contributed by atoms with Gasteiger partial charge in [0.2, 0.25) is 0 Å². The zero-order valence-corrected chi connectivity index (χ0v) is 25.7. The van der Waals surface area contributed by atoms with E-state index in [1.54, 1.807) is 6.33 Å². The van der Waals surface area contributed by atoms with E-state index in [1.165, 1.54) is 16.8 Å². The number of imidazole rings is 2. The van der Waals surface area contributed by atoms with Gasteiger partial charge in [0, 0.05) is 24.8 Å². The number of rotatable bonds is 11. The van der Waals surface area contributed by atoms with Crippen LogP contribution in [0.15, 0.2) is 48.9 Å². The lowest BCUT2D eigenvalue weighted by atomic mass is 9.85. The van der Waals surface area contributed by atoms with Crippen LogP contribution >= 0.6 is 9.24 Å². The zero-order chi connectivity index (χ0) is 30.2. The topological polar surface area (TPSA) is 145 Å². The summed E-state index contributed by atoms with van der Waals surface area (Å²) in [5, 5.41) is 5.20. The normalized spacial score (nSPS) is 14.0. The summed E-state index contributed by atoms with van der Waals surface area (Å²) in [6.45, 7) is 8.42. The van der Waals surface area contributed by atoms with Crippen molar-refractivity contribution in [2.45, 2.75) is 66.0 Å². The number of ether oxygens (including phenoxy) is 1. The molecule has 4 heterocycles. The van der Waals surface area contributed by atoms with Crippen LogP contribution in [0.1, 0.15) is 67.6 Å². The predicted octanol–water partition coefficient (Wildman–Crippen LogP) is 2.59. The fourth-order valence-corrected chi connectivity index (χ4v) is 5.52. The van der Waals surface area contributed by atoms with E-state index < -0.39 is 11.3 Å². The molecule has 5 N–H and O–H groups in total. The maximum absolute atomic E-state index is 12.8. The number of nitrogens with one attached hydrogen (secondary N) is 1. The first-order chi connectivity index (χ1) is 20.0. The summed E-state index contributed by atoms with van der Waals surface area (Å²) >= 11 is 0. The highest BCUT2D eigenvalue weighted by Gasteiger charge is 2.32. The minimum Gasteiger partial charge on any atom is -0.466 e. The van der Waals surface area contributed by atoms with E-state index >= 15 is 0 Å². The smallest absolute Gasteiger partial charge is 0.311 e. The van der Waals surface area contributed by atoms with Gasteiger partial charge in [-0.05, 0) is 80.9 Å². The molecule has 12 heteroatoms. The molecule has 0 spiro atoms. The fourth-order valence-electron chi connectivity index (χ4n) is 5.11. The highest BCUT2D eigenvalue weighted by atomic mass is 31.0. The number of carbonyl (C=O) groups is 2. The molecule has 0 radical (unpaired) electrons. The maximum atomic E-state index is 12.8. The van der Waals surface area contributed by atoms with E-state index in [1.807, 2.05) is 55.0 Å². The SMILES string of the molecule is CCOC(=O)C(C)(C)Cc1cc(C2CC2)cn2cc(CN(N)/C=C(\N)C(=O)NCc3ncn4ccc(C)c(P)c34)nc12. The molecule has 0 bridgehead atoms. The molecule has 1 aliphatic rings. The monoisotopic (exact) mass is 590 g/mol. The summed E-state index contributed by atoms with van der Waals surface area (Å²) in [5.41, 5.74) is 11.8. The molecular weight excluding hydrogens is 551 g/mol. The van der Waals surface area contributed by atoms with Gasteiger partial charge in [-0.15, -0.1) is 9.24 Å². The van der Waals surface area contributed by atoms with Crippen LogP contribution in [-0.4, -0.2) is 42.3 Å². The second kappa shape index (κ2) is 11.7. The minimum absolute atomic E-state index is 0.0278. The second-order valence-corrected chi connectivity index (χ2v) is 12.2. The molecule has 5 rings (SSSR count). The third kappa shape index (κ3) is 6.27. The lowest BCUT2D eigenvalue weighted by Gasteiger charge is -2.23. The molecule has 0 saturated heterocycles. The van der Waals surface area contributed by atoms with Crippen molar-refractivity contribution in [3.63, 3.8) is 0 Å². The largest absolute Gasteiger partial charge is 0.466 e. The van der Waals surface area contributed by atoms with Crippen LogP contribution in [0.25, 0.3) is 11.2 Å². The molecule has 1 atom stereocenters. The van der Waals surface area contributed by atoms with Crippen molar-refractivity contribution in [3.8, 4) is 0 Å². The third-order valence-corrected chi connectivity index (χ3v) is 8.30. The number of carbonyl (C=O) groups excluding carboxylic acids is 2. The van der Waals surface area contributed by atoms with Gasteiger partial charge in [-0.25, -0.2) is 15.8 Å². The van der Waals surface area contributed by atoms with E-state index in [9.17, 15) is 9.59 Å². The van der Waals surface area contributed by atoms with E-state index in [4.69, 9.17) is 21.3 Å². The van der Waals surface area contributed by atoms with Crippen molar-refractivity contribution in [1.82, 2.24) is 29.1 Å². The Labute approximate surface area is 247 Å². The summed E-state index contributed by atoms with van der Waals surface area (Å²) in [4.78, 5) is 34.6. The molecule has 4 aromatic heterocycles. The molecule has 1 aliphatic carbocycles. The van der Waals surface area contributed by atoms with Crippen molar-refractivity contribution in [1.29, 1.82) is 0 Å². The summed E-state index contributed by atoms with van der Waals surface area (Å²) in [6, 6.07) is 4.17. The Kier molecular flexibility index (Phi) is 8.25. The zero-order valence-electron chi connectivity index (χ0n) is 24.6. The molecule has 1 unspecified atom stereocenters. The van der Waals surface area contributed by atoms with Crippen LogP contribution in [0.2, 0.25) is 0 Å². The second-order valence-electron chi connectivity index (χ2n) is 11.6. The average molecular weight is 591 g/mol. The van der Waals surface area contributed by atoms with Gasteiger partial charge < -0.3 is 29.6 Å². The van der Waals surface area contributed by atoms with Gasteiger partial charge in [0.15, 0.2) is 0 Å². The van der Waals surface area contributed by atoms with Gasteiger partial charge in [0.1, 0.15) is 11.3 Å². The third-order valence-electron chi connectivity index (χ3n) is 7.57. The highest BCUT2D eigenvalue weighted by molar-refractivity contribution is 7.28. The first-order valence-electron chi connectivity index (χ1n) is 14.1. The highest BCUT2D eigenvalue weighted by Crippen LogP contribution is 2.41. The number of hydrazine groups is 1. The number of nitrogens with two attached hydrogens (primary N) is 2. The number of aryl methyl sites for hydroxylation is 1. The molecule has 42 heavy (non-hydrogen) atoms. The van der Waals surface area contributed by atoms with Crippen LogP contribution in [0.5, 0.6) is 0 Å². The van der Waals surface area contributed by atoms with Crippen molar-refractivity contribution in [3.05, 3.63) is 77.0 Å². The molecule has 222 valence electrons. The standard InChI is InChI=1S/C30H39N8O3P/c1-5-41-29(40)30(3,4)11-20-10-21(19-6-7-19)13-37-14-22(35-27(20)37)15-38(32)16-23(31)28(39)33-12-24-25-26(42)18(2)8-9-36(25)17-34-24/h8-10,13-14,16-17,19H,5-7,11-12,15,31-32,42H2,1-4H3,(H,33,39)/b23-16-. The van der Waals surface area contributed by atoms with Crippen LogP contribution in [0, 0.1) is 12.3 Å². The Balaban J connectivity index is 1.29. The number of esters is 1. The Morgan fingerprint density at radius 3 is 2.76 bits per heavy atom. The molecule has 1 fully saturated rings. The molecule has 0 aliphatic heterocycles. The molecule has 1 amide bonds. The van der Waals surface area contributed by atoms with Gasteiger partial charge >= 0.3 is 5.97 Å². The number of fused-ring (bicyclic) bond motifs is 2. The van der Waals surface area contributed by atoms with Crippen molar-refractivity contribution >= 4 is 37.6 Å². The first kappa shape index (κ1) is 29.5. The molecule has 1 saturated carbocycles. The number of hydrogen-bond acceptors (Lipinski definition) is 8. The quantitative estimate of drug-likeness (QED) is 0.0795. The van der Waals surface area contributed by atoms with Crippen LogP contribution in [-0.2, 0) is 33.8 Å². The van der Waals surface area contributed by atoms with Crippen molar-refractivity contribution < 1.29 is 14.3 Å². The van der Waals surface area contributed by atoms with E-state index in [0.717, 1.165) is 46.1 Å². The van der Waals surface area contributed by atoms with E-state index in [-0.39, 0.29) is 24.8 Å². The Morgan fingerprint density at radius 1 is 1.29 bits per heavy atom. The average Bonchev–Trinajstić information content (AvgIpc) is 3.58. The summed E-state index contributed by atoms with van der Waals surface area (Å²) in [6.07, 6.45) is 11.9. The fraction of sp³-hybridized carbons (Fsp3) is 0.400. The first-order valence-corrected chi connectivity index (χ1v) is 14.7. The summed E-state index contributed by atoms with van der Waals surface area (Å²) in [7, 11) is 2.73. The maximum Gasteiger partial charge on any atom is 0.311 e.